The van der Waals surface area contributed by atoms with E-state index < -0.39 is 10.8 Å². The van der Waals surface area contributed by atoms with Gasteiger partial charge in [0.1, 0.15) is 11.4 Å². The van der Waals surface area contributed by atoms with Crippen LogP contribution in [0.15, 0.2) is 36.4 Å². The van der Waals surface area contributed by atoms with E-state index in [2.05, 4.69) is 10.6 Å². The lowest BCUT2D eigenvalue weighted by Crippen LogP contribution is -2.13. The molecule has 2 aromatic carbocycles. The number of methoxy groups -OCH3 is 1. The van der Waals surface area contributed by atoms with Crippen molar-refractivity contribution in [2.45, 2.75) is 6.92 Å². The number of carbonyl (C=O) groups excluding carboxylic acids is 1. The smallest absolute Gasteiger partial charge is 0.293 e. The molecule has 2 aromatic rings. The van der Waals surface area contributed by atoms with Gasteiger partial charge in [-0.25, -0.2) is 0 Å². The molecular formula is C16H17N3O4. The zero-order chi connectivity index (χ0) is 17.0. The number of hydrogen-bond acceptors (Lipinski definition) is 5. The zero-order valence-corrected chi connectivity index (χ0v) is 13.0. The maximum atomic E-state index is 12.4. The highest BCUT2D eigenvalue weighted by Crippen LogP contribution is 2.28. The quantitative estimate of drug-likeness (QED) is 0.653. The molecule has 0 aliphatic carbocycles. The lowest BCUT2D eigenvalue weighted by atomic mass is 10.1. The molecule has 0 unspecified atom stereocenters. The second-order valence-electron chi connectivity index (χ2n) is 4.90. The van der Waals surface area contributed by atoms with Gasteiger partial charge < -0.3 is 15.4 Å². The summed E-state index contributed by atoms with van der Waals surface area (Å²) in [7, 11) is 3.09. The van der Waals surface area contributed by atoms with Crippen LogP contribution >= 0.6 is 0 Å². The van der Waals surface area contributed by atoms with Crippen LogP contribution in [0.4, 0.5) is 17.1 Å². The SMILES string of the molecule is CNc1ccc(C(=O)Nc2cc(C)ccc2OC)cc1[N+](=O)[O-]. The number of nitro groups is 1. The van der Waals surface area contributed by atoms with Gasteiger partial charge in [0.05, 0.1) is 17.7 Å². The molecule has 0 aliphatic heterocycles. The van der Waals surface area contributed by atoms with Crippen molar-refractivity contribution in [3.8, 4) is 5.75 Å². The molecule has 2 rings (SSSR count). The van der Waals surface area contributed by atoms with Crippen molar-refractivity contribution < 1.29 is 14.5 Å². The van der Waals surface area contributed by atoms with Crippen molar-refractivity contribution >= 4 is 23.0 Å². The number of nitrogens with zero attached hydrogens (tertiary/aromatic N) is 1. The lowest BCUT2D eigenvalue weighted by molar-refractivity contribution is -0.384. The molecule has 7 nitrogen and oxygen atoms in total. The van der Waals surface area contributed by atoms with Crippen LogP contribution in [0.1, 0.15) is 15.9 Å². The van der Waals surface area contributed by atoms with Crippen LogP contribution in [0.3, 0.4) is 0 Å². The molecule has 7 heteroatoms. The minimum absolute atomic E-state index is 0.156. The van der Waals surface area contributed by atoms with E-state index in [1.54, 1.807) is 19.2 Å². The average molecular weight is 315 g/mol. The summed E-state index contributed by atoms with van der Waals surface area (Å²) in [5.74, 6) is 0.0740. The molecule has 0 heterocycles. The first-order chi connectivity index (χ1) is 11.0. The predicted octanol–water partition coefficient (Wildman–Crippen LogP) is 3.21. The van der Waals surface area contributed by atoms with Gasteiger partial charge >= 0.3 is 0 Å². The van der Waals surface area contributed by atoms with E-state index in [1.165, 1.54) is 25.3 Å². The molecule has 0 saturated carbocycles. The Morgan fingerprint density at radius 2 is 1.91 bits per heavy atom. The van der Waals surface area contributed by atoms with Gasteiger partial charge in [-0.2, -0.15) is 0 Å². The lowest BCUT2D eigenvalue weighted by Gasteiger charge is -2.11. The second kappa shape index (κ2) is 6.78. The number of benzene rings is 2. The Morgan fingerprint density at radius 3 is 2.52 bits per heavy atom. The van der Waals surface area contributed by atoms with Crippen molar-refractivity contribution in [2.24, 2.45) is 0 Å². The number of amides is 1. The molecule has 0 spiro atoms. The van der Waals surface area contributed by atoms with Gasteiger partial charge in [-0.15, -0.1) is 0 Å². The van der Waals surface area contributed by atoms with Gasteiger partial charge in [0.15, 0.2) is 0 Å². The molecule has 0 fully saturated rings. The van der Waals surface area contributed by atoms with E-state index in [9.17, 15) is 14.9 Å². The fourth-order valence-electron chi connectivity index (χ4n) is 2.15. The molecule has 1 amide bonds. The predicted molar refractivity (Wildman–Crippen MR) is 88.3 cm³/mol. The highest BCUT2D eigenvalue weighted by molar-refractivity contribution is 6.05. The van der Waals surface area contributed by atoms with Crippen LogP contribution in [0.25, 0.3) is 0 Å². The van der Waals surface area contributed by atoms with Crippen molar-refractivity contribution in [3.63, 3.8) is 0 Å². The monoisotopic (exact) mass is 315 g/mol. The highest BCUT2D eigenvalue weighted by atomic mass is 16.6. The summed E-state index contributed by atoms with van der Waals surface area (Å²) in [6.45, 7) is 1.89. The fourth-order valence-corrected chi connectivity index (χ4v) is 2.15. The van der Waals surface area contributed by atoms with E-state index >= 15 is 0 Å². The molecule has 0 saturated heterocycles. The summed E-state index contributed by atoms with van der Waals surface area (Å²) < 4.78 is 5.20. The first kappa shape index (κ1) is 16.3. The van der Waals surface area contributed by atoms with Crippen molar-refractivity contribution in [3.05, 3.63) is 57.6 Å². The normalized spacial score (nSPS) is 10.0. The summed E-state index contributed by atoms with van der Waals surface area (Å²) in [6, 6.07) is 9.64. The molecule has 0 radical (unpaired) electrons. The number of aryl methyl sites for hydroxylation is 1. The number of carbonyl (C=O) groups is 1. The Labute approximate surface area is 133 Å². The minimum atomic E-state index is -0.532. The Morgan fingerprint density at radius 1 is 1.17 bits per heavy atom. The highest BCUT2D eigenvalue weighted by Gasteiger charge is 2.17. The Hall–Kier alpha value is -3.09. The van der Waals surface area contributed by atoms with E-state index in [0.29, 0.717) is 17.1 Å². The molecular weight excluding hydrogens is 298 g/mol. The zero-order valence-electron chi connectivity index (χ0n) is 13.0. The van der Waals surface area contributed by atoms with Crippen molar-refractivity contribution in [1.82, 2.24) is 0 Å². The van der Waals surface area contributed by atoms with E-state index in [1.807, 2.05) is 13.0 Å². The number of ether oxygens (including phenoxy) is 1. The van der Waals surface area contributed by atoms with Gasteiger partial charge in [-0.05, 0) is 36.8 Å². The maximum Gasteiger partial charge on any atom is 0.293 e. The van der Waals surface area contributed by atoms with Crippen molar-refractivity contribution in [1.29, 1.82) is 0 Å². The topological polar surface area (TPSA) is 93.5 Å². The van der Waals surface area contributed by atoms with Crippen molar-refractivity contribution in [2.75, 3.05) is 24.8 Å². The molecule has 0 bridgehead atoms. The maximum absolute atomic E-state index is 12.4. The second-order valence-corrected chi connectivity index (χ2v) is 4.90. The van der Waals surface area contributed by atoms with Gasteiger partial charge in [-0.1, -0.05) is 6.07 Å². The molecule has 0 aromatic heterocycles. The Kier molecular flexibility index (Phi) is 4.80. The first-order valence-electron chi connectivity index (χ1n) is 6.88. The van der Waals surface area contributed by atoms with Crippen LogP contribution in [-0.4, -0.2) is 25.0 Å². The van der Waals surface area contributed by atoms with Gasteiger partial charge in [0.25, 0.3) is 11.6 Å². The molecule has 0 atom stereocenters. The number of hydrogen-bond donors (Lipinski definition) is 2. The van der Waals surface area contributed by atoms with Gasteiger partial charge in [0.2, 0.25) is 0 Å². The van der Waals surface area contributed by atoms with Crippen LogP contribution < -0.4 is 15.4 Å². The minimum Gasteiger partial charge on any atom is -0.495 e. The summed E-state index contributed by atoms with van der Waals surface area (Å²) in [5, 5.41) is 16.5. The van der Waals surface area contributed by atoms with Crippen LogP contribution in [0.2, 0.25) is 0 Å². The Bertz CT molecular complexity index is 759. The standard InChI is InChI=1S/C16H17N3O4/c1-10-4-7-15(23-3)13(8-10)18-16(20)11-5-6-12(17-2)14(9-11)19(21)22/h4-9,17H,1-3H3,(H,18,20). The number of rotatable bonds is 5. The summed E-state index contributed by atoms with van der Waals surface area (Å²) in [4.78, 5) is 22.9. The average Bonchev–Trinajstić information content (AvgIpc) is 2.54. The third kappa shape index (κ3) is 3.57. The van der Waals surface area contributed by atoms with Crippen LogP contribution in [0, 0.1) is 17.0 Å². The summed E-state index contributed by atoms with van der Waals surface area (Å²) >= 11 is 0. The third-order valence-corrected chi connectivity index (χ3v) is 3.33. The molecule has 0 aliphatic rings. The fraction of sp³-hybridized carbons (Fsp3) is 0.188. The van der Waals surface area contributed by atoms with Gasteiger partial charge in [-0.3, -0.25) is 14.9 Å². The van der Waals surface area contributed by atoms with E-state index in [4.69, 9.17) is 4.74 Å². The third-order valence-electron chi connectivity index (χ3n) is 3.33. The largest absolute Gasteiger partial charge is 0.495 e. The Balaban J connectivity index is 2.33. The van der Waals surface area contributed by atoms with E-state index in [-0.39, 0.29) is 11.3 Å². The molecule has 120 valence electrons. The molecule has 23 heavy (non-hydrogen) atoms. The van der Waals surface area contributed by atoms with Crippen LogP contribution in [-0.2, 0) is 0 Å². The van der Waals surface area contributed by atoms with Gasteiger partial charge in [0, 0.05) is 18.7 Å². The molecule has 2 N–H and O–H groups in total. The first-order valence-corrected chi connectivity index (χ1v) is 6.88. The number of anilines is 2. The van der Waals surface area contributed by atoms with Crippen LogP contribution in [0.5, 0.6) is 5.75 Å². The summed E-state index contributed by atoms with van der Waals surface area (Å²) in [5.41, 5.74) is 1.85. The number of nitro benzene ring substituents is 1. The summed E-state index contributed by atoms with van der Waals surface area (Å²) in [6.07, 6.45) is 0. The number of nitrogens with one attached hydrogen (secondary N) is 2. The van der Waals surface area contributed by atoms with E-state index in [0.717, 1.165) is 5.56 Å².